The van der Waals surface area contributed by atoms with E-state index in [2.05, 4.69) is 21.2 Å². The number of nitrogens with one attached hydrogen (secondary N) is 1. The van der Waals surface area contributed by atoms with Crippen LogP contribution in [0.25, 0.3) is 0 Å². The molecule has 2 atom stereocenters. The molecule has 0 fully saturated rings. The zero-order chi connectivity index (χ0) is 16.1. The first-order valence-corrected chi connectivity index (χ1v) is 8.45. The molecule has 0 saturated carbocycles. The van der Waals surface area contributed by atoms with Crippen LogP contribution in [0.2, 0.25) is 0 Å². The molecule has 2 rings (SSSR count). The minimum Gasteiger partial charge on any atom is -0.481 e. The number of halogens is 1. The molecule has 2 N–H and O–H groups in total. The number of carbonyl (C=O) groups excluding carboxylic acids is 1. The number of thiophene rings is 1. The summed E-state index contributed by atoms with van der Waals surface area (Å²) in [4.78, 5) is 24.4. The maximum Gasteiger partial charge on any atom is 0.305 e. The van der Waals surface area contributed by atoms with E-state index in [0.29, 0.717) is 0 Å². The highest BCUT2D eigenvalue weighted by Crippen LogP contribution is 2.24. The molecule has 1 heterocycles. The SMILES string of the molecule is CC(C(=O)NC(CC(=O)O)c1ccc(Br)cc1)c1cccs1. The van der Waals surface area contributed by atoms with Gasteiger partial charge in [-0.15, -0.1) is 11.3 Å². The van der Waals surface area contributed by atoms with Crippen molar-refractivity contribution in [2.45, 2.75) is 25.3 Å². The van der Waals surface area contributed by atoms with Gasteiger partial charge in [-0.1, -0.05) is 34.1 Å². The highest BCUT2D eigenvalue weighted by molar-refractivity contribution is 9.10. The summed E-state index contributed by atoms with van der Waals surface area (Å²) in [5.41, 5.74) is 0.775. The Morgan fingerprint density at radius 1 is 1.27 bits per heavy atom. The molecular formula is C16H16BrNO3S. The number of carbonyl (C=O) groups is 2. The van der Waals surface area contributed by atoms with E-state index in [4.69, 9.17) is 5.11 Å². The molecule has 0 aliphatic carbocycles. The van der Waals surface area contributed by atoms with Crippen molar-refractivity contribution in [1.82, 2.24) is 5.32 Å². The highest BCUT2D eigenvalue weighted by Gasteiger charge is 2.22. The first-order chi connectivity index (χ1) is 10.5. The molecule has 1 amide bonds. The van der Waals surface area contributed by atoms with Crippen molar-refractivity contribution in [3.05, 3.63) is 56.7 Å². The number of carboxylic acids is 1. The van der Waals surface area contributed by atoms with Crippen LogP contribution in [0.1, 0.15) is 35.7 Å². The number of benzene rings is 1. The van der Waals surface area contributed by atoms with Crippen LogP contribution in [-0.2, 0) is 9.59 Å². The fourth-order valence-electron chi connectivity index (χ4n) is 2.09. The Hall–Kier alpha value is -1.66. The van der Waals surface area contributed by atoms with Gasteiger partial charge in [-0.3, -0.25) is 9.59 Å². The maximum absolute atomic E-state index is 12.4. The monoisotopic (exact) mass is 381 g/mol. The number of hydrogen-bond acceptors (Lipinski definition) is 3. The number of aliphatic carboxylic acids is 1. The number of rotatable bonds is 6. The average molecular weight is 382 g/mol. The third-order valence-electron chi connectivity index (χ3n) is 3.33. The van der Waals surface area contributed by atoms with Crippen LogP contribution in [0, 0.1) is 0 Å². The Morgan fingerprint density at radius 3 is 2.50 bits per heavy atom. The maximum atomic E-state index is 12.4. The molecule has 2 unspecified atom stereocenters. The van der Waals surface area contributed by atoms with Gasteiger partial charge < -0.3 is 10.4 Å². The van der Waals surface area contributed by atoms with E-state index in [1.165, 1.54) is 11.3 Å². The Morgan fingerprint density at radius 2 is 1.95 bits per heavy atom. The predicted molar refractivity (Wildman–Crippen MR) is 90.0 cm³/mol. The molecule has 1 aromatic heterocycles. The molecule has 116 valence electrons. The second-order valence-electron chi connectivity index (χ2n) is 4.95. The molecule has 6 heteroatoms. The van der Waals surface area contributed by atoms with E-state index >= 15 is 0 Å². The molecule has 0 aliphatic heterocycles. The smallest absolute Gasteiger partial charge is 0.305 e. The molecule has 0 spiro atoms. The normalized spacial score (nSPS) is 13.4. The van der Waals surface area contributed by atoms with Gasteiger partial charge in [0.1, 0.15) is 0 Å². The van der Waals surface area contributed by atoms with Gasteiger partial charge in [0.25, 0.3) is 0 Å². The largest absolute Gasteiger partial charge is 0.481 e. The predicted octanol–water partition coefficient (Wildman–Crippen LogP) is 3.95. The summed E-state index contributed by atoms with van der Waals surface area (Å²) < 4.78 is 0.906. The zero-order valence-electron chi connectivity index (χ0n) is 12.0. The minimum atomic E-state index is -0.947. The summed E-state index contributed by atoms with van der Waals surface area (Å²) in [6.07, 6.45) is -0.148. The summed E-state index contributed by atoms with van der Waals surface area (Å²) in [5, 5.41) is 13.8. The van der Waals surface area contributed by atoms with Crippen LogP contribution in [0.4, 0.5) is 0 Å². The second-order valence-corrected chi connectivity index (χ2v) is 6.84. The number of amides is 1. The van der Waals surface area contributed by atoms with E-state index in [-0.39, 0.29) is 18.2 Å². The fourth-order valence-corrected chi connectivity index (χ4v) is 3.13. The van der Waals surface area contributed by atoms with Gasteiger partial charge in [-0.2, -0.15) is 0 Å². The first-order valence-electron chi connectivity index (χ1n) is 6.78. The number of carboxylic acid groups (broad SMARTS) is 1. The Balaban J connectivity index is 2.14. The molecule has 1 aromatic carbocycles. The van der Waals surface area contributed by atoms with E-state index in [1.54, 1.807) is 0 Å². The van der Waals surface area contributed by atoms with Crippen molar-refractivity contribution in [3.8, 4) is 0 Å². The van der Waals surface area contributed by atoms with E-state index in [0.717, 1.165) is 14.9 Å². The van der Waals surface area contributed by atoms with Crippen LogP contribution in [0.15, 0.2) is 46.3 Å². The van der Waals surface area contributed by atoms with Crippen molar-refractivity contribution >= 4 is 39.1 Å². The summed E-state index contributed by atoms with van der Waals surface area (Å²) in [6, 6.07) is 10.5. The molecule has 22 heavy (non-hydrogen) atoms. The summed E-state index contributed by atoms with van der Waals surface area (Å²) in [5.74, 6) is -1.42. The molecule has 0 saturated heterocycles. The Bertz CT molecular complexity index is 640. The standard InChI is InChI=1S/C16H16BrNO3S/c1-10(14-3-2-8-22-14)16(21)18-13(9-15(19)20)11-4-6-12(17)7-5-11/h2-8,10,13H,9H2,1H3,(H,18,21)(H,19,20). The Kier molecular flexibility index (Phi) is 5.74. The lowest BCUT2D eigenvalue weighted by atomic mass is 10.0. The quantitative estimate of drug-likeness (QED) is 0.795. The summed E-state index contributed by atoms with van der Waals surface area (Å²) in [7, 11) is 0. The van der Waals surface area contributed by atoms with Gasteiger partial charge in [0, 0.05) is 9.35 Å². The van der Waals surface area contributed by atoms with Gasteiger partial charge in [0.15, 0.2) is 0 Å². The third kappa shape index (κ3) is 4.42. The lowest BCUT2D eigenvalue weighted by molar-refractivity contribution is -0.137. The second kappa shape index (κ2) is 7.56. The van der Waals surface area contributed by atoms with Crippen molar-refractivity contribution in [2.75, 3.05) is 0 Å². The first kappa shape index (κ1) is 16.7. The lowest BCUT2D eigenvalue weighted by Crippen LogP contribution is -2.33. The number of hydrogen-bond donors (Lipinski definition) is 2. The van der Waals surface area contributed by atoms with Gasteiger partial charge in [0.05, 0.1) is 18.4 Å². The van der Waals surface area contributed by atoms with Gasteiger partial charge in [-0.25, -0.2) is 0 Å². The van der Waals surface area contributed by atoms with E-state index < -0.39 is 12.0 Å². The average Bonchev–Trinajstić information content (AvgIpc) is 3.00. The molecule has 0 bridgehead atoms. The van der Waals surface area contributed by atoms with Crippen LogP contribution in [0.3, 0.4) is 0 Å². The molecule has 0 radical (unpaired) electrons. The van der Waals surface area contributed by atoms with Crippen LogP contribution in [-0.4, -0.2) is 17.0 Å². The molecule has 4 nitrogen and oxygen atoms in total. The van der Waals surface area contributed by atoms with Gasteiger partial charge in [-0.05, 0) is 36.1 Å². The molecule has 0 aliphatic rings. The fraction of sp³-hybridized carbons (Fsp3) is 0.250. The van der Waals surface area contributed by atoms with E-state index in [9.17, 15) is 9.59 Å². The van der Waals surface area contributed by atoms with Crippen molar-refractivity contribution < 1.29 is 14.7 Å². The van der Waals surface area contributed by atoms with Gasteiger partial charge in [0.2, 0.25) is 5.91 Å². The lowest BCUT2D eigenvalue weighted by Gasteiger charge is -2.20. The zero-order valence-corrected chi connectivity index (χ0v) is 14.4. The van der Waals surface area contributed by atoms with Crippen LogP contribution in [0.5, 0.6) is 0 Å². The topological polar surface area (TPSA) is 66.4 Å². The summed E-state index contributed by atoms with van der Waals surface area (Å²) >= 11 is 4.86. The highest BCUT2D eigenvalue weighted by atomic mass is 79.9. The van der Waals surface area contributed by atoms with E-state index in [1.807, 2.05) is 48.7 Å². The molecular weight excluding hydrogens is 366 g/mol. The van der Waals surface area contributed by atoms with Crippen molar-refractivity contribution in [1.29, 1.82) is 0 Å². The summed E-state index contributed by atoms with van der Waals surface area (Å²) in [6.45, 7) is 1.82. The van der Waals surface area contributed by atoms with Crippen LogP contribution < -0.4 is 5.32 Å². The molecule has 2 aromatic rings. The van der Waals surface area contributed by atoms with Crippen molar-refractivity contribution in [2.24, 2.45) is 0 Å². The minimum absolute atomic E-state index is 0.148. The van der Waals surface area contributed by atoms with Gasteiger partial charge >= 0.3 is 5.97 Å². The Labute approximate surface area is 141 Å². The van der Waals surface area contributed by atoms with Crippen molar-refractivity contribution in [3.63, 3.8) is 0 Å². The third-order valence-corrected chi connectivity index (χ3v) is 4.91. The van der Waals surface area contributed by atoms with Crippen LogP contribution >= 0.6 is 27.3 Å².